The number of pyridine rings is 1. The van der Waals surface area contributed by atoms with Crippen molar-refractivity contribution in [2.24, 2.45) is 0 Å². The highest BCUT2D eigenvalue weighted by atomic mass is 16.3. The average molecular weight is 324 g/mol. The molecule has 1 heterocycles. The first-order chi connectivity index (χ1) is 11.7. The highest BCUT2D eigenvalue weighted by molar-refractivity contribution is 5.34. The molecule has 0 aliphatic heterocycles. The van der Waals surface area contributed by atoms with Crippen LogP contribution in [0.4, 0.5) is 0 Å². The van der Waals surface area contributed by atoms with Gasteiger partial charge in [0, 0.05) is 31.4 Å². The van der Waals surface area contributed by atoms with Crippen LogP contribution in [0, 0.1) is 0 Å². The lowest BCUT2D eigenvalue weighted by atomic mass is 10.1. The van der Waals surface area contributed by atoms with Crippen LogP contribution in [0.3, 0.4) is 0 Å². The topological polar surface area (TPSA) is 36.4 Å². The van der Waals surface area contributed by atoms with Gasteiger partial charge in [-0.05, 0) is 48.4 Å². The highest BCUT2D eigenvalue weighted by Gasteiger charge is 2.27. The van der Waals surface area contributed by atoms with Crippen LogP contribution >= 0.6 is 0 Å². The van der Waals surface area contributed by atoms with Crippen LogP contribution in [0.1, 0.15) is 61.2 Å². The van der Waals surface area contributed by atoms with E-state index in [1.807, 2.05) is 0 Å². The second kappa shape index (κ2) is 7.91. The largest absolute Gasteiger partial charge is 0.396 e. The minimum absolute atomic E-state index is 0.240. The molecule has 0 saturated heterocycles. The minimum Gasteiger partial charge on any atom is -0.396 e. The summed E-state index contributed by atoms with van der Waals surface area (Å²) in [7, 11) is 0. The van der Waals surface area contributed by atoms with Crippen LogP contribution in [0.2, 0.25) is 0 Å². The third-order valence-electron chi connectivity index (χ3n) is 4.93. The molecule has 128 valence electrons. The van der Waals surface area contributed by atoms with Crippen LogP contribution in [-0.4, -0.2) is 28.1 Å². The number of benzene rings is 1. The Kier molecular flexibility index (Phi) is 5.64. The lowest BCUT2D eigenvalue weighted by Crippen LogP contribution is -2.29. The van der Waals surface area contributed by atoms with E-state index >= 15 is 0 Å². The van der Waals surface area contributed by atoms with Crippen molar-refractivity contribution >= 4 is 0 Å². The summed E-state index contributed by atoms with van der Waals surface area (Å²) in [6.45, 7) is 6.36. The number of aromatic nitrogens is 1. The summed E-state index contributed by atoms with van der Waals surface area (Å²) in [5, 5.41) is 9.29. The average Bonchev–Trinajstić information content (AvgIpc) is 3.03. The summed E-state index contributed by atoms with van der Waals surface area (Å²) < 4.78 is 0. The maximum Gasteiger partial charge on any atom is 0.0547 e. The summed E-state index contributed by atoms with van der Waals surface area (Å²) in [5.74, 6) is 0.447. The number of hydrogen-bond donors (Lipinski definition) is 1. The van der Waals surface area contributed by atoms with Crippen LogP contribution in [0.5, 0.6) is 0 Å². The Labute approximate surface area is 145 Å². The standard InChI is InChI=1S/C21H28N2O/c1-16(2)20-10-5-8-18(22-20)15-23(13-6-14-24)21-12-11-17-7-3-4-9-19(17)21/h3-5,7-10,16,21,24H,6,11-15H2,1-2H3. The Morgan fingerprint density at radius 2 is 2.00 bits per heavy atom. The third kappa shape index (κ3) is 3.85. The van der Waals surface area contributed by atoms with Crippen molar-refractivity contribution < 1.29 is 5.11 Å². The Hall–Kier alpha value is -1.71. The first-order valence-corrected chi connectivity index (χ1v) is 9.07. The fourth-order valence-electron chi connectivity index (χ4n) is 3.65. The maximum absolute atomic E-state index is 9.29. The van der Waals surface area contributed by atoms with Crippen molar-refractivity contribution in [3.63, 3.8) is 0 Å². The van der Waals surface area contributed by atoms with E-state index in [1.165, 1.54) is 11.1 Å². The van der Waals surface area contributed by atoms with Gasteiger partial charge < -0.3 is 5.11 Å². The van der Waals surface area contributed by atoms with Crippen molar-refractivity contribution in [2.75, 3.05) is 13.2 Å². The van der Waals surface area contributed by atoms with Crippen LogP contribution in [0.25, 0.3) is 0 Å². The molecular formula is C21H28N2O. The van der Waals surface area contributed by atoms with E-state index in [0.717, 1.165) is 43.7 Å². The molecule has 0 fully saturated rings. The molecule has 1 N–H and O–H groups in total. The zero-order valence-corrected chi connectivity index (χ0v) is 14.8. The van der Waals surface area contributed by atoms with Gasteiger partial charge in [-0.25, -0.2) is 0 Å². The van der Waals surface area contributed by atoms with E-state index in [0.29, 0.717) is 12.0 Å². The molecule has 3 heteroatoms. The fraction of sp³-hybridized carbons (Fsp3) is 0.476. The Bertz CT molecular complexity index is 668. The van der Waals surface area contributed by atoms with Crippen molar-refractivity contribution in [1.82, 2.24) is 9.88 Å². The lowest BCUT2D eigenvalue weighted by Gasteiger charge is -2.29. The van der Waals surface area contributed by atoms with Gasteiger partial charge >= 0.3 is 0 Å². The first kappa shape index (κ1) is 17.1. The molecule has 0 spiro atoms. The van der Waals surface area contributed by atoms with Gasteiger partial charge in [0.05, 0.1) is 5.69 Å². The molecule has 3 nitrogen and oxygen atoms in total. The van der Waals surface area contributed by atoms with E-state index in [2.05, 4.69) is 61.2 Å². The third-order valence-corrected chi connectivity index (χ3v) is 4.93. The van der Waals surface area contributed by atoms with E-state index in [1.54, 1.807) is 0 Å². The Morgan fingerprint density at radius 1 is 1.17 bits per heavy atom. The second-order valence-corrected chi connectivity index (χ2v) is 7.01. The molecule has 1 aliphatic carbocycles. The molecule has 0 radical (unpaired) electrons. The molecule has 1 atom stereocenters. The van der Waals surface area contributed by atoms with E-state index in [-0.39, 0.29) is 6.61 Å². The minimum atomic E-state index is 0.240. The van der Waals surface area contributed by atoms with Gasteiger partial charge in [-0.2, -0.15) is 0 Å². The summed E-state index contributed by atoms with van der Waals surface area (Å²) >= 11 is 0. The SMILES string of the molecule is CC(C)c1cccc(CN(CCCO)C2CCc3ccccc32)n1. The van der Waals surface area contributed by atoms with Crippen LogP contribution < -0.4 is 0 Å². The molecule has 1 aromatic heterocycles. The molecule has 3 rings (SSSR count). The van der Waals surface area contributed by atoms with Gasteiger partial charge in [-0.1, -0.05) is 44.2 Å². The monoisotopic (exact) mass is 324 g/mol. The van der Waals surface area contributed by atoms with Gasteiger partial charge in [0.1, 0.15) is 0 Å². The van der Waals surface area contributed by atoms with E-state index < -0.39 is 0 Å². The highest BCUT2D eigenvalue weighted by Crippen LogP contribution is 2.36. The lowest BCUT2D eigenvalue weighted by molar-refractivity contribution is 0.164. The Balaban J connectivity index is 1.81. The van der Waals surface area contributed by atoms with Crippen molar-refractivity contribution in [3.05, 3.63) is 65.0 Å². The normalized spacial score (nSPS) is 16.8. The van der Waals surface area contributed by atoms with Crippen LogP contribution in [0.15, 0.2) is 42.5 Å². The summed E-state index contributed by atoms with van der Waals surface area (Å²) in [6, 6.07) is 15.6. The summed E-state index contributed by atoms with van der Waals surface area (Å²) in [4.78, 5) is 7.34. The van der Waals surface area contributed by atoms with Gasteiger partial charge in [0.2, 0.25) is 0 Å². The van der Waals surface area contributed by atoms with Gasteiger partial charge in [0.25, 0.3) is 0 Å². The molecule has 1 aromatic carbocycles. The fourth-order valence-corrected chi connectivity index (χ4v) is 3.65. The van der Waals surface area contributed by atoms with Gasteiger partial charge in [-0.15, -0.1) is 0 Å². The molecule has 1 unspecified atom stereocenters. The zero-order valence-electron chi connectivity index (χ0n) is 14.8. The first-order valence-electron chi connectivity index (χ1n) is 9.07. The molecular weight excluding hydrogens is 296 g/mol. The van der Waals surface area contributed by atoms with Crippen molar-refractivity contribution in [3.8, 4) is 0 Å². The number of aryl methyl sites for hydroxylation is 1. The Morgan fingerprint density at radius 3 is 2.79 bits per heavy atom. The number of aliphatic hydroxyl groups excluding tert-OH is 1. The van der Waals surface area contributed by atoms with E-state index in [9.17, 15) is 5.11 Å². The maximum atomic E-state index is 9.29. The van der Waals surface area contributed by atoms with Crippen LogP contribution in [-0.2, 0) is 13.0 Å². The predicted molar refractivity (Wildman–Crippen MR) is 97.9 cm³/mol. The van der Waals surface area contributed by atoms with Crippen molar-refractivity contribution in [1.29, 1.82) is 0 Å². The van der Waals surface area contributed by atoms with E-state index in [4.69, 9.17) is 4.98 Å². The smallest absolute Gasteiger partial charge is 0.0547 e. The number of fused-ring (bicyclic) bond motifs is 1. The second-order valence-electron chi connectivity index (χ2n) is 7.01. The van der Waals surface area contributed by atoms with Gasteiger partial charge in [-0.3, -0.25) is 9.88 Å². The quantitative estimate of drug-likeness (QED) is 0.834. The summed E-state index contributed by atoms with van der Waals surface area (Å²) in [6.07, 6.45) is 3.12. The molecule has 0 bridgehead atoms. The molecule has 0 saturated carbocycles. The molecule has 24 heavy (non-hydrogen) atoms. The number of nitrogens with zero attached hydrogens (tertiary/aromatic N) is 2. The number of aliphatic hydroxyl groups is 1. The summed E-state index contributed by atoms with van der Waals surface area (Å²) in [5.41, 5.74) is 5.21. The van der Waals surface area contributed by atoms with Gasteiger partial charge in [0.15, 0.2) is 0 Å². The molecule has 2 aromatic rings. The number of hydrogen-bond acceptors (Lipinski definition) is 3. The predicted octanol–water partition coefficient (Wildman–Crippen LogP) is 4.08. The zero-order chi connectivity index (χ0) is 16.9. The van der Waals surface area contributed by atoms with Crippen molar-refractivity contribution in [2.45, 2.75) is 51.6 Å². The molecule has 1 aliphatic rings. The number of rotatable bonds is 7. The molecule has 0 amide bonds.